The first-order valence-electron chi connectivity index (χ1n) is 6.56. The Morgan fingerprint density at radius 3 is 2.68 bits per heavy atom. The highest BCUT2D eigenvalue weighted by Gasteiger charge is 2.18. The van der Waals surface area contributed by atoms with Gasteiger partial charge in [-0.1, -0.05) is 0 Å². The number of β-amino-alcohol motifs (C(OH)–C–C–N with tert-alkyl or cyclic N) is 1. The van der Waals surface area contributed by atoms with E-state index in [4.69, 9.17) is 5.11 Å². The summed E-state index contributed by atoms with van der Waals surface area (Å²) in [6.07, 6.45) is 3.71. The smallest absolute Gasteiger partial charge is 0.319 e. The van der Waals surface area contributed by atoms with Crippen LogP contribution >= 0.6 is 0 Å². The minimum Gasteiger partial charge on any atom is -0.395 e. The van der Waals surface area contributed by atoms with Crippen LogP contribution in [-0.4, -0.2) is 63.8 Å². The van der Waals surface area contributed by atoms with E-state index >= 15 is 0 Å². The summed E-state index contributed by atoms with van der Waals surface area (Å²) in [5, 5.41) is 8.93. The molecular formula is C12H20F2N4O. The topological polar surface area (TPSA) is 44.5 Å². The van der Waals surface area contributed by atoms with Gasteiger partial charge in [0.05, 0.1) is 13.2 Å². The third-order valence-corrected chi connectivity index (χ3v) is 3.42. The summed E-state index contributed by atoms with van der Waals surface area (Å²) in [6, 6.07) is 0. The molecule has 2 rings (SSSR count). The molecule has 1 fully saturated rings. The number of aliphatic hydroxyl groups excluding tert-OH is 1. The minimum absolute atomic E-state index is 0.162. The van der Waals surface area contributed by atoms with Crippen molar-refractivity contribution in [3.8, 4) is 0 Å². The van der Waals surface area contributed by atoms with E-state index in [9.17, 15) is 8.78 Å². The highest BCUT2D eigenvalue weighted by atomic mass is 19.3. The molecule has 1 N–H and O–H groups in total. The fraction of sp³-hybridized carbons (Fsp3) is 0.750. The summed E-state index contributed by atoms with van der Waals surface area (Å²) in [4.78, 5) is 8.34. The average Bonchev–Trinajstić information content (AvgIpc) is 2.72. The van der Waals surface area contributed by atoms with Gasteiger partial charge in [0, 0.05) is 32.0 Å². The van der Waals surface area contributed by atoms with Crippen molar-refractivity contribution in [2.75, 3.05) is 39.3 Å². The minimum atomic E-state index is -2.53. The van der Waals surface area contributed by atoms with Crippen LogP contribution in [0.3, 0.4) is 0 Å². The first-order valence-corrected chi connectivity index (χ1v) is 6.56. The normalized spacial score (nSPS) is 18.9. The Hall–Kier alpha value is -1.05. The van der Waals surface area contributed by atoms with Gasteiger partial charge in [-0.05, 0) is 19.5 Å². The lowest BCUT2D eigenvalue weighted by Gasteiger charge is -2.21. The second-order valence-electron chi connectivity index (χ2n) is 4.72. The second kappa shape index (κ2) is 6.93. The van der Waals surface area contributed by atoms with Gasteiger partial charge in [0.1, 0.15) is 5.82 Å². The van der Waals surface area contributed by atoms with Gasteiger partial charge in [-0.2, -0.15) is 8.78 Å². The predicted octanol–water partition coefficient (Wildman–Crippen LogP) is 0.778. The summed E-state index contributed by atoms with van der Waals surface area (Å²) >= 11 is 0. The van der Waals surface area contributed by atoms with E-state index in [1.807, 2.05) is 0 Å². The van der Waals surface area contributed by atoms with Crippen molar-refractivity contribution in [2.24, 2.45) is 0 Å². The fourth-order valence-electron chi connectivity index (χ4n) is 2.39. The summed E-state index contributed by atoms with van der Waals surface area (Å²) in [5.41, 5.74) is 0. The Bertz CT molecular complexity index is 386. The Balaban J connectivity index is 1.90. The van der Waals surface area contributed by atoms with Gasteiger partial charge in [0.15, 0.2) is 0 Å². The van der Waals surface area contributed by atoms with Crippen molar-refractivity contribution in [1.29, 1.82) is 0 Å². The predicted molar refractivity (Wildman–Crippen MR) is 66.9 cm³/mol. The highest BCUT2D eigenvalue weighted by Crippen LogP contribution is 2.14. The lowest BCUT2D eigenvalue weighted by Crippen LogP contribution is -2.32. The number of aliphatic hydroxyl groups is 1. The zero-order valence-corrected chi connectivity index (χ0v) is 10.9. The standard InChI is InChI=1S/C12H20F2N4O/c13-12(14)18-5-2-15-11(18)10-17-4-1-3-16(6-7-17)8-9-19/h2,5,12,19H,1,3-4,6-10H2. The molecular weight excluding hydrogens is 254 g/mol. The summed E-state index contributed by atoms with van der Waals surface area (Å²) in [6.45, 7) is 2.25. The number of hydrogen-bond donors (Lipinski definition) is 1. The van der Waals surface area contributed by atoms with Gasteiger partial charge < -0.3 is 5.11 Å². The van der Waals surface area contributed by atoms with Crippen LogP contribution in [0.5, 0.6) is 0 Å². The molecule has 0 radical (unpaired) electrons. The van der Waals surface area contributed by atoms with Gasteiger partial charge in [-0.3, -0.25) is 14.4 Å². The maximum Gasteiger partial charge on any atom is 0.319 e. The van der Waals surface area contributed by atoms with Crippen molar-refractivity contribution in [1.82, 2.24) is 19.4 Å². The van der Waals surface area contributed by atoms with E-state index in [-0.39, 0.29) is 6.61 Å². The van der Waals surface area contributed by atoms with Gasteiger partial charge >= 0.3 is 6.55 Å². The summed E-state index contributed by atoms with van der Waals surface area (Å²) < 4.78 is 26.4. The zero-order chi connectivity index (χ0) is 13.7. The Labute approximate surface area is 111 Å². The van der Waals surface area contributed by atoms with E-state index in [1.165, 1.54) is 12.4 Å². The quantitative estimate of drug-likeness (QED) is 0.862. The first-order chi connectivity index (χ1) is 9.20. The first kappa shape index (κ1) is 14.4. The van der Waals surface area contributed by atoms with Gasteiger partial charge in [-0.15, -0.1) is 0 Å². The lowest BCUT2D eigenvalue weighted by atomic mass is 10.3. The number of imidazole rings is 1. The van der Waals surface area contributed by atoms with Crippen LogP contribution in [-0.2, 0) is 6.54 Å². The number of hydrogen-bond acceptors (Lipinski definition) is 4. The van der Waals surface area contributed by atoms with Crippen LogP contribution in [0.2, 0.25) is 0 Å². The van der Waals surface area contributed by atoms with Crippen molar-refractivity contribution in [3.63, 3.8) is 0 Å². The average molecular weight is 274 g/mol. The van der Waals surface area contributed by atoms with Gasteiger partial charge in [0.2, 0.25) is 0 Å². The maximum absolute atomic E-state index is 12.7. The molecule has 1 aliphatic heterocycles. The molecule has 0 spiro atoms. The highest BCUT2D eigenvalue weighted by molar-refractivity contribution is 4.93. The molecule has 19 heavy (non-hydrogen) atoms. The van der Waals surface area contributed by atoms with Crippen molar-refractivity contribution < 1.29 is 13.9 Å². The second-order valence-corrected chi connectivity index (χ2v) is 4.72. The summed E-state index contributed by atoms with van der Waals surface area (Å²) in [7, 11) is 0. The molecule has 1 aromatic heterocycles. The Morgan fingerprint density at radius 2 is 1.95 bits per heavy atom. The molecule has 0 unspecified atom stereocenters. The van der Waals surface area contributed by atoms with E-state index in [1.54, 1.807) is 0 Å². The van der Waals surface area contributed by atoms with Crippen LogP contribution in [0.4, 0.5) is 8.78 Å². The zero-order valence-electron chi connectivity index (χ0n) is 10.9. The molecule has 0 atom stereocenters. The molecule has 5 nitrogen and oxygen atoms in total. The molecule has 0 saturated carbocycles. The number of aromatic nitrogens is 2. The molecule has 2 heterocycles. The van der Waals surface area contributed by atoms with Gasteiger partial charge in [0.25, 0.3) is 0 Å². The van der Waals surface area contributed by atoms with Crippen LogP contribution in [0.15, 0.2) is 12.4 Å². The monoisotopic (exact) mass is 274 g/mol. The van der Waals surface area contributed by atoms with Crippen LogP contribution in [0, 0.1) is 0 Å². The molecule has 108 valence electrons. The molecule has 1 saturated heterocycles. The SMILES string of the molecule is OCCN1CCCN(Cc2nccn2C(F)F)CC1. The molecule has 1 aromatic rings. The van der Waals surface area contributed by atoms with E-state index in [0.717, 1.165) is 37.2 Å². The third-order valence-electron chi connectivity index (χ3n) is 3.42. The molecule has 0 aliphatic carbocycles. The molecule has 0 bridgehead atoms. The van der Waals surface area contributed by atoms with E-state index < -0.39 is 6.55 Å². The fourth-order valence-corrected chi connectivity index (χ4v) is 2.39. The summed E-state index contributed by atoms with van der Waals surface area (Å²) in [5.74, 6) is 0.408. The van der Waals surface area contributed by atoms with Crippen LogP contribution in [0.1, 0.15) is 18.8 Å². The molecule has 1 aliphatic rings. The largest absolute Gasteiger partial charge is 0.395 e. The maximum atomic E-state index is 12.7. The van der Waals surface area contributed by atoms with Crippen LogP contribution in [0.25, 0.3) is 0 Å². The van der Waals surface area contributed by atoms with Crippen molar-refractivity contribution in [2.45, 2.75) is 19.5 Å². The van der Waals surface area contributed by atoms with Crippen LogP contribution < -0.4 is 0 Å². The molecule has 0 amide bonds. The number of rotatable bonds is 5. The van der Waals surface area contributed by atoms with E-state index in [2.05, 4.69) is 14.8 Å². The number of halogens is 2. The Kier molecular flexibility index (Phi) is 5.24. The van der Waals surface area contributed by atoms with Gasteiger partial charge in [-0.25, -0.2) is 4.98 Å². The third kappa shape index (κ3) is 3.95. The Morgan fingerprint density at radius 1 is 1.21 bits per heavy atom. The van der Waals surface area contributed by atoms with Crippen molar-refractivity contribution >= 4 is 0 Å². The lowest BCUT2D eigenvalue weighted by molar-refractivity contribution is 0.0639. The van der Waals surface area contributed by atoms with E-state index in [0.29, 0.717) is 18.9 Å². The molecule has 7 heteroatoms. The number of alkyl halides is 2. The number of nitrogens with zero attached hydrogens (tertiary/aromatic N) is 4. The van der Waals surface area contributed by atoms with Crippen molar-refractivity contribution in [3.05, 3.63) is 18.2 Å². The molecule has 0 aromatic carbocycles.